The molecule has 0 amide bonds. The van der Waals surface area contributed by atoms with Crippen molar-refractivity contribution in [2.75, 3.05) is 44.9 Å². The van der Waals surface area contributed by atoms with Crippen LogP contribution in [0.4, 0.5) is 10.2 Å². The lowest BCUT2D eigenvalue weighted by atomic mass is 10.1. The summed E-state index contributed by atoms with van der Waals surface area (Å²) >= 11 is 0. The van der Waals surface area contributed by atoms with E-state index in [1.165, 1.54) is 13.2 Å². The molecule has 0 aliphatic carbocycles. The third kappa shape index (κ3) is 3.98. The summed E-state index contributed by atoms with van der Waals surface area (Å²) in [5.74, 6) is 1.18. The van der Waals surface area contributed by atoms with E-state index in [-0.39, 0.29) is 12.0 Å². The molecule has 29 heavy (non-hydrogen) atoms. The highest BCUT2D eigenvalue weighted by Gasteiger charge is 2.36. The molecule has 2 aromatic rings. The molecule has 0 saturated carbocycles. The summed E-state index contributed by atoms with van der Waals surface area (Å²) in [5.41, 5.74) is 1.02. The molecular formula is C20H24FN3O5. The smallest absolute Gasteiger partial charge is 0.210 e. The Labute approximate surface area is 168 Å². The van der Waals surface area contributed by atoms with Gasteiger partial charge in [-0.2, -0.15) is 0 Å². The number of morpholine rings is 1. The Morgan fingerprint density at radius 2 is 1.97 bits per heavy atom. The van der Waals surface area contributed by atoms with Gasteiger partial charge in [-0.05, 0) is 32.0 Å². The predicted molar refractivity (Wildman–Crippen MR) is 103 cm³/mol. The third-order valence-corrected chi connectivity index (χ3v) is 4.74. The summed E-state index contributed by atoms with van der Waals surface area (Å²) in [6.07, 6.45) is -0.977. The molecule has 4 rings (SSSR count). The molecule has 0 atom stereocenters. The first-order valence-electron chi connectivity index (χ1n) is 9.63. The van der Waals surface area contributed by atoms with Crippen LogP contribution in [0, 0.1) is 5.82 Å². The zero-order valence-electron chi connectivity index (χ0n) is 16.7. The SMILES string of the molecule is CCOc1c(C2OC(C)O2)nc(-c2ccc(OC)c(F)c2)nc1N1CCOCC1. The normalized spacial score (nSPS) is 21.6. The van der Waals surface area contributed by atoms with Crippen LogP contribution in [0.15, 0.2) is 18.2 Å². The second-order valence-electron chi connectivity index (χ2n) is 6.64. The standard InChI is InChI=1S/C20H24FN3O5/c1-4-27-17-16(20-28-12(2)29-20)22-18(13-5-6-15(25-3)14(21)11-13)23-19(17)24-7-9-26-10-8-24/h5-6,11-12,20H,4,7-10H2,1-3H3. The maximum atomic E-state index is 14.3. The molecule has 2 aliphatic heterocycles. The Morgan fingerprint density at radius 1 is 1.21 bits per heavy atom. The summed E-state index contributed by atoms with van der Waals surface area (Å²) in [6.45, 7) is 6.64. The van der Waals surface area contributed by atoms with Crippen LogP contribution in [0.5, 0.6) is 11.5 Å². The van der Waals surface area contributed by atoms with Crippen molar-refractivity contribution in [2.24, 2.45) is 0 Å². The second-order valence-corrected chi connectivity index (χ2v) is 6.64. The zero-order chi connectivity index (χ0) is 20.4. The second kappa shape index (κ2) is 8.48. The van der Waals surface area contributed by atoms with Gasteiger partial charge in [-0.25, -0.2) is 14.4 Å². The maximum Gasteiger partial charge on any atom is 0.210 e. The fraction of sp³-hybridized carbons (Fsp3) is 0.500. The number of halogens is 1. The van der Waals surface area contributed by atoms with Gasteiger partial charge < -0.3 is 28.6 Å². The van der Waals surface area contributed by atoms with Crippen molar-refractivity contribution in [2.45, 2.75) is 26.4 Å². The van der Waals surface area contributed by atoms with Crippen LogP contribution in [0.25, 0.3) is 11.4 Å². The fourth-order valence-corrected chi connectivity index (χ4v) is 3.31. The molecule has 8 nitrogen and oxygen atoms in total. The highest BCUT2D eigenvalue weighted by molar-refractivity contribution is 5.64. The number of methoxy groups -OCH3 is 1. The summed E-state index contributed by atoms with van der Waals surface area (Å²) in [7, 11) is 1.42. The van der Waals surface area contributed by atoms with E-state index in [1.807, 2.05) is 6.92 Å². The largest absolute Gasteiger partial charge is 0.494 e. The molecule has 1 aromatic carbocycles. The molecule has 1 aromatic heterocycles. The molecule has 0 bridgehead atoms. The Bertz CT molecular complexity index is 869. The average molecular weight is 405 g/mol. The summed E-state index contributed by atoms with van der Waals surface area (Å²) in [5, 5.41) is 0. The average Bonchev–Trinajstić information content (AvgIpc) is 2.72. The lowest BCUT2D eigenvalue weighted by molar-refractivity contribution is -0.384. The number of hydrogen-bond acceptors (Lipinski definition) is 8. The van der Waals surface area contributed by atoms with Gasteiger partial charge in [0.05, 0.1) is 26.9 Å². The van der Waals surface area contributed by atoms with Gasteiger partial charge in [0.2, 0.25) is 6.29 Å². The monoisotopic (exact) mass is 405 g/mol. The van der Waals surface area contributed by atoms with Crippen molar-refractivity contribution < 1.29 is 28.1 Å². The van der Waals surface area contributed by atoms with Crippen molar-refractivity contribution in [3.05, 3.63) is 29.7 Å². The molecule has 0 radical (unpaired) electrons. The van der Waals surface area contributed by atoms with E-state index in [1.54, 1.807) is 19.1 Å². The molecule has 3 heterocycles. The third-order valence-electron chi connectivity index (χ3n) is 4.74. The number of hydrogen-bond donors (Lipinski definition) is 0. The van der Waals surface area contributed by atoms with Gasteiger partial charge >= 0.3 is 0 Å². The number of nitrogens with zero attached hydrogens (tertiary/aromatic N) is 3. The van der Waals surface area contributed by atoms with Gasteiger partial charge in [-0.1, -0.05) is 0 Å². The Hall–Kier alpha value is -2.49. The molecule has 2 aliphatic rings. The van der Waals surface area contributed by atoms with Gasteiger partial charge in [-0.15, -0.1) is 0 Å². The Balaban J connectivity index is 1.82. The van der Waals surface area contributed by atoms with Crippen LogP contribution in [0.1, 0.15) is 25.8 Å². The highest BCUT2D eigenvalue weighted by atomic mass is 19.1. The minimum atomic E-state index is -0.656. The van der Waals surface area contributed by atoms with E-state index >= 15 is 0 Å². The van der Waals surface area contributed by atoms with Crippen molar-refractivity contribution in [3.8, 4) is 22.9 Å². The van der Waals surface area contributed by atoms with Crippen molar-refractivity contribution in [3.63, 3.8) is 0 Å². The molecule has 9 heteroatoms. The highest BCUT2D eigenvalue weighted by Crippen LogP contribution is 2.41. The van der Waals surface area contributed by atoms with E-state index in [0.29, 0.717) is 61.6 Å². The van der Waals surface area contributed by atoms with E-state index in [4.69, 9.17) is 28.7 Å². The first-order valence-corrected chi connectivity index (χ1v) is 9.63. The fourth-order valence-electron chi connectivity index (χ4n) is 3.31. The number of rotatable bonds is 6. The summed E-state index contributed by atoms with van der Waals surface area (Å²) in [6, 6.07) is 4.62. The molecule has 0 N–H and O–H groups in total. The minimum Gasteiger partial charge on any atom is -0.494 e. The van der Waals surface area contributed by atoms with E-state index in [0.717, 1.165) is 0 Å². The predicted octanol–water partition coefficient (Wildman–Crippen LogP) is 2.92. The molecule has 0 unspecified atom stereocenters. The lowest BCUT2D eigenvalue weighted by Gasteiger charge is -2.35. The van der Waals surface area contributed by atoms with Gasteiger partial charge in [0, 0.05) is 18.7 Å². The Kier molecular flexibility index (Phi) is 5.79. The molecular weight excluding hydrogens is 381 g/mol. The van der Waals surface area contributed by atoms with Crippen LogP contribution in [0.3, 0.4) is 0 Å². The van der Waals surface area contributed by atoms with Crippen LogP contribution < -0.4 is 14.4 Å². The molecule has 156 valence electrons. The number of anilines is 1. The zero-order valence-corrected chi connectivity index (χ0v) is 16.7. The number of aromatic nitrogens is 2. The van der Waals surface area contributed by atoms with Crippen molar-refractivity contribution in [1.82, 2.24) is 9.97 Å². The first-order chi connectivity index (χ1) is 14.1. The first kappa shape index (κ1) is 19.8. The van der Waals surface area contributed by atoms with Crippen LogP contribution >= 0.6 is 0 Å². The molecule has 2 saturated heterocycles. The molecule has 0 spiro atoms. The van der Waals surface area contributed by atoms with Gasteiger partial charge in [-0.3, -0.25) is 0 Å². The summed E-state index contributed by atoms with van der Waals surface area (Å²) in [4.78, 5) is 11.4. The Morgan fingerprint density at radius 3 is 2.59 bits per heavy atom. The topological polar surface area (TPSA) is 75.2 Å². The van der Waals surface area contributed by atoms with Gasteiger partial charge in [0.25, 0.3) is 0 Å². The molecule has 2 fully saturated rings. The number of benzene rings is 1. The lowest BCUT2D eigenvalue weighted by Crippen LogP contribution is -2.38. The summed E-state index contributed by atoms with van der Waals surface area (Å²) < 4.78 is 42.0. The number of ether oxygens (including phenoxy) is 5. The van der Waals surface area contributed by atoms with Crippen LogP contribution in [-0.2, 0) is 14.2 Å². The van der Waals surface area contributed by atoms with Crippen LogP contribution in [-0.4, -0.2) is 56.3 Å². The van der Waals surface area contributed by atoms with Crippen LogP contribution in [0.2, 0.25) is 0 Å². The minimum absolute atomic E-state index is 0.160. The van der Waals surface area contributed by atoms with E-state index in [9.17, 15) is 4.39 Å². The maximum absolute atomic E-state index is 14.3. The van der Waals surface area contributed by atoms with Gasteiger partial charge in [0.15, 0.2) is 35.2 Å². The van der Waals surface area contributed by atoms with Crippen molar-refractivity contribution in [1.29, 1.82) is 0 Å². The van der Waals surface area contributed by atoms with Gasteiger partial charge in [0.1, 0.15) is 5.69 Å². The van der Waals surface area contributed by atoms with Crippen molar-refractivity contribution >= 4 is 5.82 Å². The van der Waals surface area contributed by atoms with E-state index < -0.39 is 12.1 Å². The quantitative estimate of drug-likeness (QED) is 0.726. The van der Waals surface area contributed by atoms with E-state index in [2.05, 4.69) is 9.88 Å².